The van der Waals surface area contributed by atoms with Crippen molar-refractivity contribution in [2.75, 3.05) is 78.5 Å². The molecule has 0 saturated heterocycles. The second-order valence-electron chi connectivity index (χ2n) is 30.1. The molecule has 0 heterocycles. The molecule has 0 aliphatic heterocycles. The van der Waals surface area contributed by atoms with E-state index < -0.39 is 0 Å². The average molecular weight is 1560 g/mol. The summed E-state index contributed by atoms with van der Waals surface area (Å²) < 4.78 is 0. The van der Waals surface area contributed by atoms with Crippen LogP contribution in [-0.2, 0) is 0 Å². The van der Waals surface area contributed by atoms with Crippen LogP contribution >= 0.6 is 0 Å². The molecule has 0 aliphatic rings. The van der Waals surface area contributed by atoms with Crippen molar-refractivity contribution in [2.24, 2.45) is 20.0 Å². The summed E-state index contributed by atoms with van der Waals surface area (Å²) in [6.45, 7) is 88.4. The average Bonchev–Trinajstić information content (AvgIpc) is 1.06. The van der Waals surface area contributed by atoms with E-state index in [2.05, 4.69) is 239 Å². The van der Waals surface area contributed by atoms with Crippen LogP contribution in [0, 0.1) is 0 Å². The monoisotopic (exact) mass is 1560 g/mol. The first-order valence-electron chi connectivity index (χ1n) is 38.8. The maximum atomic E-state index is 10.8. The van der Waals surface area contributed by atoms with Gasteiger partial charge in [-0.25, -0.2) is 9.98 Å². The summed E-state index contributed by atoms with van der Waals surface area (Å²) >= 11 is 0. The largest absolute Gasteiger partial charge is 2.00 e. The first-order chi connectivity index (χ1) is 47.0. The molecule has 0 fully saturated rings. The van der Waals surface area contributed by atoms with Crippen molar-refractivity contribution in [3.8, 4) is 0 Å². The molecule has 2 N–H and O–H groups in total. The Hall–Kier alpha value is -1.20. The predicted octanol–water partition coefficient (Wildman–Crippen LogP) is 8.59. The summed E-state index contributed by atoms with van der Waals surface area (Å²) in [6.07, 6.45) is 15.1. The zero-order valence-electron chi connectivity index (χ0n) is 75.7. The second kappa shape index (κ2) is 78.1. The fourth-order valence-electron chi connectivity index (χ4n) is 11.4. The van der Waals surface area contributed by atoms with Gasteiger partial charge >= 0.3 is 113 Å². The quantitative estimate of drug-likeness (QED) is 0.0255. The van der Waals surface area contributed by atoms with Gasteiger partial charge in [-0.3, -0.25) is 49.4 Å². The minimum Gasteiger partial charge on any atom is -0.876 e. The van der Waals surface area contributed by atoms with Crippen molar-refractivity contribution in [3.63, 3.8) is 0 Å². The summed E-state index contributed by atoms with van der Waals surface area (Å²) in [4.78, 5) is 38.4. The van der Waals surface area contributed by atoms with Crippen LogP contribution in [0.5, 0.6) is 0 Å². The van der Waals surface area contributed by atoms with Gasteiger partial charge in [0.15, 0.2) is 24.5 Å². The molecule has 0 aromatic heterocycles. The van der Waals surface area contributed by atoms with Gasteiger partial charge in [-0.1, -0.05) is 105 Å². The third-order valence-corrected chi connectivity index (χ3v) is 15.8. The van der Waals surface area contributed by atoms with Crippen LogP contribution in [0.25, 0.3) is 0 Å². The van der Waals surface area contributed by atoms with Crippen LogP contribution in [0.1, 0.15) is 289 Å². The Labute approximate surface area is 740 Å². The van der Waals surface area contributed by atoms with E-state index in [0.29, 0.717) is 72.5 Å². The molecule has 602 valence electrons. The van der Waals surface area contributed by atoms with Gasteiger partial charge in [0.05, 0.1) is 39.3 Å². The van der Waals surface area contributed by atoms with Gasteiger partial charge in [0.2, 0.25) is 0 Å². The summed E-state index contributed by atoms with van der Waals surface area (Å²) in [5, 5.41) is 65.0. The van der Waals surface area contributed by atoms with E-state index in [4.69, 9.17) is 0 Å². The van der Waals surface area contributed by atoms with Crippen molar-refractivity contribution >= 4 is 147 Å². The number of hydrogen-bond acceptors (Lipinski definition) is 16. The van der Waals surface area contributed by atoms with E-state index in [9.17, 15) is 30.6 Å². The molecule has 0 spiro atoms. The van der Waals surface area contributed by atoms with Gasteiger partial charge in [0.1, 0.15) is 0 Å². The molecule has 0 aromatic rings. The van der Waals surface area contributed by atoms with Crippen LogP contribution < -0.4 is 40.6 Å². The van der Waals surface area contributed by atoms with Crippen molar-refractivity contribution in [2.45, 2.75) is 361 Å². The SMILES string of the molecule is CC(/C=C(/C)[O-])=NCCN(C(C)C)C(C)C.CC(/C=C(/C)[O-])=NCCN(C(C)C)C(C)C.CC(/C=C(/C)[O-])=NCCN(C(C)C)C(C)C.CC(/C=C(/C)[O-])=NCCN(C(C)C)C(C)C.CC(/C=C(/C)[O-])=[NH+]CCN(C(C)C)C(C)C.CC(/C=C(/C)[O-])=[NH+]CCN(C(C)C)C(C)C.CCCCCC.[Ca+2].[Ca+2].[Ca+2]. The molecule has 0 atom stereocenters. The van der Waals surface area contributed by atoms with Gasteiger partial charge in [-0.15, -0.1) is 34.6 Å². The predicted molar refractivity (Wildman–Crippen MR) is 456 cm³/mol. The van der Waals surface area contributed by atoms with E-state index in [0.717, 1.165) is 113 Å². The Balaban J connectivity index is -0.000000126. The van der Waals surface area contributed by atoms with Gasteiger partial charge < -0.3 is 30.6 Å². The number of hydrogen-bond donors (Lipinski definition) is 2. The van der Waals surface area contributed by atoms with Crippen LogP contribution in [0.2, 0.25) is 0 Å². The molecule has 18 nitrogen and oxygen atoms in total. The molecular formula is C84H166Ca3N12O6+2. The van der Waals surface area contributed by atoms with E-state index in [-0.39, 0.29) is 148 Å². The minimum absolute atomic E-state index is 0. The molecule has 0 saturated carbocycles. The number of unbranched alkanes of at least 4 members (excludes halogenated alkanes) is 3. The van der Waals surface area contributed by atoms with Gasteiger partial charge in [0.25, 0.3) is 0 Å². The molecule has 0 bridgehead atoms. The van der Waals surface area contributed by atoms with Crippen molar-refractivity contribution in [1.82, 2.24) is 29.4 Å². The van der Waals surface area contributed by atoms with Crippen LogP contribution in [-0.4, -0.2) is 328 Å². The topological polar surface area (TPSA) is 235 Å². The first kappa shape index (κ1) is 125. The number of aliphatic imine (C=N–C) groups is 4. The summed E-state index contributed by atoms with van der Waals surface area (Å²) in [5.41, 5.74) is 5.17. The standard InChI is InChI=1S/6C13H26N2O.C6H14.3Ca/c6*1-10(2)15(11(3)4)8-7-14-12(5)9-13(6)16;1-3-5-6-4-2;;;/h6*9-11,16H,7-8H2,1-6H3;3-6H2,1-2H3;;;/q;;;;;;;3*+2/p-4/b6*13-9-,14-12?;;;;. The smallest absolute Gasteiger partial charge is 0.876 e. The zero-order valence-corrected chi connectivity index (χ0v) is 82.4. The fourth-order valence-corrected chi connectivity index (χ4v) is 11.4. The van der Waals surface area contributed by atoms with Crippen molar-refractivity contribution < 1.29 is 40.6 Å². The maximum Gasteiger partial charge on any atom is 2.00 e. The van der Waals surface area contributed by atoms with E-state index in [1.54, 1.807) is 78.0 Å². The third-order valence-electron chi connectivity index (χ3n) is 15.8. The Morgan fingerprint density at radius 1 is 0.257 bits per heavy atom. The number of nitrogens with zero attached hydrogens (tertiary/aromatic N) is 10. The molecule has 0 aliphatic carbocycles. The Bertz CT molecular complexity index is 1960. The van der Waals surface area contributed by atoms with Crippen LogP contribution in [0.15, 0.2) is 91.0 Å². The van der Waals surface area contributed by atoms with Crippen molar-refractivity contribution in [1.29, 1.82) is 0 Å². The summed E-state index contributed by atoms with van der Waals surface area (Å²) in [6, 6.07) is 6.49. The van der Waals surface area contributed by atoms with Crippen molar-refractivity contribution in [3.05, 3.63) is 71.0 Å². The van der Waals surface area contributed by atoms with E-state index in [1.807, 2.05) is 41.5 Å². The summed E-state index contributed by atoms with van der Waals surface area (Å²) in [5.74, 6) is 0.428. The molecule has 0 rings (SSSR count). The fraction of sp³-hybridized carbons (Fsp3) is 0.786. The number of rotatable bonds is 39. The molecular weight excluding hydrogens is 1390 g/mol. The number of nitrogens with one attached hydrogen (secondary N) is 2. The van der Waals surface area contributed by atoms with E-state index in [1.165, 1.54) is 25.7 Å². The van der Waals surface area contributed by atoms with Crippen LogP contribution in [0.4, 0.5) is 0 Å². The second-order valence-corrected chi connectivity index (χ2v) is 30.1. The molecule has 0 amide bonds. The molecule has 0 aromatic carbocycles. The maximum absolute atomic E-state index is 10.8. The Kier molecular flexibility index (Phi) is 92.7. The van der Waals surface area contributed by atoms with Gasteiger partial charge in [-0.2, -0.15) is 0 Å². The molecule has 0 unspecified atom stereocenters. The zero-order chi connectivity index (χ0) is 81.1. The molecule has 0 radical (unpaired) electrons. The van der Waals surface area contributed by atoms with Gasteiger partial charge in [0, 0.05) is 135 Å². The Morgan fingerprint density at radius 2 is 0.400 bits per heavy atom. The van der Waals surface area contributed by atoms with Gasteiger partial charge in [-0.05, 0) is 206 Å². The normalized spacial score (nSPS) is 13.6. The number of allylic oxidation sites excluding steroid dienone is 12. The third kappa shape index (κ3) is 86.6. The summed E-state index contributed by atoms with van der Waals surface area (Å²) in [7, 11) is 0. The first-order valence-corrected chi connectivity index (χ1v) is 38.8. The molecule has 21 heteroatoms. The van der Waals surface area contributed by atoms with Crippen LogP contribution in [0.3, 0.4) is 0 Å². The van der Waals surface area contributed by atoms with E-state index >= 15 is 0 Å². The minimum atomic E-state index is 0. The Morgan fingerprint density at radius 3 is 0.524 bits per heavy atom. The molecule has 105 heavy (non-hydrogen) atoms.